The summed E-state index contributed by atoms with van der Waals surface area (Å²) in [6.07, 6.45) is 1.55. The molecule has 4 rings (SSSR count). The monoisotopic (exact) mass is 651 g/mol. The van der Waals surface area contributed by atoms with Crippen molar-refractivity contribution < 1.29 is 28.7 Å². The lowest BCUT2D eigenvalue weighted by Crippen LogP contribution is -2.36. The van der Waals surface area contributed by atoms with Gasteiger partial charge in [-0.1, -0.05) is 34.1 Å². The predicted molar refractivity (Wildman–Crippen MR) is 168 cm³/mol. The minimum Gasteiger partial charge on any atom is -0.493 e. The van der Waals surface area contributed by atoms with Crippen LogP contribution < -0.4 is 20.1 Å². The molecule has 11 heteroatoms. The molecule has 3 aromatic rings. The van der Waals surface area contributed by atoms with Gasteiger partial charge in [0.15, 0.2) is 18.1 Å². The first-order chi connectivity index (χ1) is 20.0. The number of aryl methyl sites for hydroxylation is 1. The highest BCUT2D eigenvalue weighted by atomic mass is 79.9. The minimum absolute atomic E-state index is 0.176. The lowest BCUT2D eigenvalue weighted by atomic mass is 10.1. The molecule has 4 amide bonds. The Morgan fingerprint density at radius 1 is 0.905 bits per heavy atom. The average molecular weight is 653 g/mol. The number of nitrogens with zero attached hydrogens (tertiary/aromatic N) is 1. The van der Waals surface area contributed by atoms with Crippen LogP contribution in [0.15, 0.2) is 57.9 Å². The number of anilines is 2. The molecular weight excluding hydrogens is 622 g/mol. The number of hydrogen-bond donors (Lipinski definition) is 2. The Morgan fingerprint density at radius 3 is 2.36 bits per heavy atom. The minimum atomic E-state index is -0.560. The van der Waals surface area contributed by atoms with Crippen LogP contribution in [0.1, 0.15) is 27.8 Å². The molecule has 0 radical (unpaired) electrons. The molecule has 1 heterocycles. The molecule has 1 fully saturated rings. The number of benzene rings is 3. The molecule has 0 aromatic heterocycles. The number of thioether (sulfide) groups is 1. The Bertz CT molecular complexity index is 1620. The van der Waals surface area contributed by atoms with Crippen molar-refractivity contribution in [2.45, 2.75) is 27.7 Å². The Hall–Kier alpha value is -4.09. The standard InChI is InChI=1S/C31H30BrN3O6S/c1-17-7-6-8-23(18(17)2)33-28(36)15-35-30(38)27(42-31(35)39)14-21-9-12-25(26(13-21)40-5)41-16-29(37)34-24-11-10-22(32)19(3)20(24)4/h6-14H,15-16H2,1-5H3,(H,33,36)(H,34,37)/b27-14+. The molecule has 42 heavy (non-hydrogen) atoms. The molecule has 1 saturated heterocycles. The fourth-order valence-corrected chi connectivity index (χ4v) is 5.42. The summed E-state index contributed by atoms with van der Waals surface area (Å²) in [7, 11) is 1.46. The Labute approximate surface area is 256 Å². The highest BCUT2D eigenvalue weighted by Gasteiger charge is 2.36. The van der Waals surface area contributed by atoms with E-state index in [1.165, 1.54) is 7.11 Å². The van der Waals surface area contributed by atoms with Gasteiger partial charge in [0.25, 0.3) is 17.1 Å². The Morgan fingerprint density at radius 2 is 1.62 bits per heavy atom. The van der Waals surface area contributed by atoms with E-state index in [1.807, 2.05) is 52.0 Å². The first-order valence-electron chi connectivity index (χ1n) is 13.0. The first-order valence-corrected chi connectivity index (χ1v) is 14.6. The van der Waals surface area contributed by atoms with Gasteiger partial charge in [0.1, 0.15) is 6.54 Å². The third-order valence-electron chi connectivity index (χ3n) is 6.89. The summed E-state index contributed by atoms with van der Waals surface area (Å²) in [4.78, 5) is 51.8. The first kappa shape index (κ1) is 30.9. The van der Waals surface area contributed by atoms with E-state index in [0.29, 0.717) is 28.4 Å². The summed E-state index contributed by atoms with van der Waals surface area (Å²) in [5.41, 5.74) is 5.82. The predicted octanol–water partition coefficient (Wildman–Crippen LogP) is 6.38. The number of nitrogens with one attached hydrogen (secondary N) is 2. The zero-order chi connectivity index (χ0) is 30.6. The zero-order valence-electron chi connectivity index (χ0n) is 23.8. The molecule has 1 aliphatic heterocycles. The van der Waals surface area contributed by atoms with Crippen molar-refractivity contribution in [3.63, 3.8) is 0 Å². The van der Waals surface area contributed by atoms with Gasteiger partial charge < -0.3 is 20.1 Å². The largest absolute Gasteiger partial charge is 0.493 e. The van der Waals surface area contributed by atoms with Gasteiger partial charge in [-0.2, -0.15) is 0 Å². The van der Waals surface area contributed by atoms with Crippen molar-refractivity contribution in [2.75, 3.05) is 30.9 Å². The van der Waals surface area contributed by atoms with Crippen molar-refractivity contribution >= 4 is 68.1 Å². The molecule has 0 bridgehead atoms. The average Bonchev–Trinajstić information content (AvgIpc) is 3.22. The van der Waals surface area contributed by atoms with Crippen molar-refractivity contribution in [1.82, 2.24) is 4.90 Å². The van der Waals surface area contributed by atoms with Gasteiger partial charge >= 0.3 is 0 Å². The second-order valence-electron chi connectivity index (χ2n) is 9.66. The van der Waals surface area contributed by atoms with Crippen LogP contribution in [0.25, 0.3) is 6.08 Å². The summed E-state index contributed by atoms with van der Waals surface area (Å²) in [6.45, 7) is 7.07. The number of ether oxygens (including phenoxy) is 2. The number of imide groups is 1. The van der Waals surface area contributed by atoms with Crippen LogP contribution >= 0.6 is 27.7 Å². The Kier molecular flexibility index (Phi) is 9.74. The van der Waals surface area contributed by atoms with Gasteiger partial charge in [-0.05, 0) is 104 Å². The highest BCUT2D eigenvalue weighted by molar-refractivity contribution is 9.10. The lowest BCUT2D eigenvalue weighted by Gasteiger charge is -2.14. The van der Waals surface area contributed by atoms with Crippen molar-refractivity contribution in [3.8, 4) is 11.5 Å². The van der Waals surface area contributed by atoms with Crippen LogP contribution in [-0.4, -0.2) is 48.1 Å². The van der Waals surface area contributed by atoms with Crippen molar-refractivity contribution in [3.05, 3.63) is 85.7 Å². The van der Waals surface area contributed by atoms with Crippen LogP contribution in [-0.2, 0) is 14.4 Å². The second kappa shape index (κ2) is 13.3. The summed E-state index contributed by atoms with van der Waals surface area (Å²) in [5.74, 6) is -0.675. The number of carbonyl (C=O) groups excluding carboxylic acids is 4. The summed E-state index contributed by atoms with van der Waals surface area (Å²) < 4.78 is 12.1. The van der Waals surface area contributed by atoms with Crippen molar-refractivity contribution in [1.29, 1.82) is 0 Å². The van der Waals surface area contributed by atoms with E-state index < -0.39 is 23.6 Å². The van der Waals surface area contributed by atoms with E-state index in [9.17, 15) is 19.2 Å². The maximum absolute atomic E-state index is 13.0. The Balaban J connectivity index is 1.39. The zero-order valence-corrected chi connectivity index (χ0v) is 26.2. The van der Waals surface area contributed by atoms with Crippen LogP contribution in [0.3, 0.4) is 0 Å². The fourth-order valence-electron chi connectivity index (χ4n) is 4.15. The molecule has 9 nitrogen and oxygen atoms in total. The van der Waals surface area contributed by atoms with E-state index in [-0.39, 0.29) is 17.4 Å². The van der Waals surface area contributed by atoms with E-state index in [1.54, 1.807) is 30.3 Å². The van der Waals surface area contributed by atoms with Gasteiger partial charge in [-0.15, -0.1) is 0 Å². The number of amides is 4. The van der Waals surface area contributed by atoms with Gasteiger partial charge in [0, 0.05) is 15.8 Å². The van der Waals surface area contributed by atoms with E-state index in [0.717, 1.165) is 43.4 Å². The number of carbonyl (C=O) groups is 4. The molecule has 0 atom stereocenters. The smallest absolute Gasteiger partial charge is 0.294 e. The number of hydrogen-bond acceptors (Lipinski definition) is 7. The van der Waals surface area contributed by atoms with Crippen LogP contribution in [0.2, 0.25) is 0 Å². The van der Waals surface area contributed by atoms with Crippen LogP contribution in [0.5, 0.6) is 11.5 Å². The number of halogens is 1. The van der Waals surface area contributed by atoms with E-state index in [4.69, 9.17) is 9.47 Å². The molecule has 2 N–H and O–H groups in total. The fraction of sp³-hybridized carbons (Fsp3) is 0.226. The highest BCUT2D eigenvalue weighted by Crippen LogP contribution is 2.35. The summed E-state index contributed by atoms with van der Waals surface area (Å²) >= 11 is 4.24. The summed E-state index contributed by atoms with van der Waals surface area (Å²) in [5, 5.41) is 5.09. The lowest BCUT2D eigenvalue weighted by molar-refractivity contribution is -0.127. The van der Waals surface area contributed by atoms with Crippen LogP contribution in [0.4, 0.5) is 16.2 Å². The maximum Gasteiger partial charge on any atom is 0.294 e. The third-order valence-corrected chi connectivity index (χ3v) is 8.66. The molecule has 0 spiro atoms. The van der Waals surface area contributed by atoms with Crippen molar-refractivity contribution in [2.24, 2.45) is 0 Å². The molecule has 0 saturated carbocycles. The molecule has 0 unspecified atom stereocenters. The SMILES string of the molecule is COc1cc(/C=C2/SC(=O)N(CC(=O)Nc3cccc(C)c3C)C2=O)ccc1OCC(=O)Nc1ccc(Br)c(C)c1C. The third kappa shape index (κ3) is 7.03. The molecular formula is C31H30BrN3O6S. The number of methoxy groups -OCH3 is 1. The van der Waals surface area contributed by atoms with Crippen LogP contribution in [0, 0.1) is 27.7 Å². The molecule has 3 aromatic carbocycles. The van der Waals surface area contributed by atoms with Gasteiger partial charge in [-0.25, -0.2) is 0 Å². The van der Waals surface area contributed by atoms with E-state index >= 15 is 0 Å². The second-order valence-corrected chi connectivity index (χ2v) is 11.5. The normalized spacial score (nSPS) is 13.9. The molecule has 218 valence electrons. The van der Waals surface area contributed by atoms with Gasteiger partial charge in [-0.3, -0.25) is 24.1 Å². The molecule has 0 aliphatic carbocycles. The van der Waals surface area contributed by atoms with Gasteiger partial charge in [0.2, 0.25) is 5.91 Å². The topological polar surface area (TPSA) is 114 Å². The van der Waals surface area contributed by atoms with E-state index in [2.05, 4.69) is 26.6 Å². The maximum atomic E-state index is 13.0. The molecule has 1 aliphatic rings. The summed E-state index contributed by atoms with van der Waals surface area (Å²) in [6, 6.07) is 14.2. The van der Waals surface area contributed by atoms with Gasteiger partial charge in [0.05, 0.1) is 12.0 Å². The quantitative estimate of drug-likeness (QED) is 0.258. The number of rotatable bonds is 9.